The van der Waals surface area contributed by atoms with E-state index in [4.69, 9.17) is 5.10 Å². The predicted molar refractivity (Wildman–Crippen MR) is 104 cm³/mol. The monoisotopic (exact) mass is 354 g/mol. The molecule has 2 aromatic rings. The molecule has 1 heterocycles. The molecule has 0 radical (unpaired) electrons. The highest BCUT2D eigenvalue weighted by molar-refractivity contribution is 5.93. The first-order valence-electron chi connectivity index (χ1n) is 9.53. The fourth-order valence-corrected chi connectivity index (χ4v) is 3.60. The summed E-state index contributed by atoms with van der Waals surface area (Å²) in [4.78, 5) is 14.3. The Balaban J connectivity index is 1.79. The second-order valence-corrected chi connectivity index (χ2v) is 7.86. The minimum atomic E-state index is 0.00691. The number of carbonyl (C=O) groups is 1. The van der Waals surface area contributed by atoms with Crippen LogP contribution in [0.2, 0.25) is 0 Å². The Morgan fingerprint density at radius 1 is 1.31 bits per heavy atom. The van der Waals surface area contributed by atoms with Gasteiger partial charge in [0.05, 0.1) is 0 Å². The van der Waals surface area contributed by atoms with Gasteiger partial charge in [0.2, 0.25) is 0 Å². The van der Waals surface area contributed by atoms with Crippen LogP contribution < -0.4 is 5.32 Å². The highest BCUT2D eigenvalue weighted by Gasteiger charge is 2.29. The van der Waals surface area contributed by atoms with E-state index in [0.29, 0.717) is 17.7 Å². The van der Waals surface area contributed by atoms with Gasteiger partial charge in [0.25, 0.3) is 5.91 Å². The van der Waals surface area contributed by atoms with E-state index in [1.165, 1.54) is 11.3 Å². The summed E-state index contributed by atoms with van der Waals surface area (Å²) in [5, 5.41) is 8.37. The number of nitrogens with zero attached hydrogens (tertiary/aromatic N) is 3. The van der Waals surface area contributed by atoms with E-state index in [2.05, 4.69) is 48.1 Å². The number of fused-ring (bicyclic) bond motifs is 1. The van der Waals surface area contributed by atoms with Gasteiger partial charge in [-0.25, -0.2) is 0 Å². The molecule has 1 aliphatic carbocycles. The molecule has 0 bridgehead atoms. The second-order valence-electron chi connectivity index (χ2n) is 7.86. The molecule has 0 saturated heterocycles. The first kappa shape index (κ1) is 18.6. The van der Waals surface area contributed by atoms with Crippen LogP contribution in [-0.4, -0.2) is 40.7 Å². The van der Waals surface area contributed by atoms with E-state index in [9.17, 15) is 4.79 Å². The van der Waals surface area contributed by atoms with Crippen LogP contribution in [0.15, 0.2) is 30.3 Å². The first-order valence-corrected chi connectivity index (χ1v) is 9.53. The quantitative estimate of drug-likeness (QED) is 0.868. The number of carbonyl (C=O) groups excluding carboxylic acids is 1. The molecule has 0 spiro atoms. The lowest BCUT2D eigenvalue weighted by molar-refractivity contribution is 0.0819. The minimum absolute atomic E-state index is 0.00691. The van der Waals surface area contributed by atoms with Crippen molar-refractivity contribution in [3.8, 4) is 0 Å². The minimum Gasteiger partial charge on any atom is -0.343 e. The van der Waals surface area contributed by atoms with Crippen LogP contribution in [0.1, 0.15) is 47.6 Å². The Morgan fingerprint density at radius 3 is 2.69 bits per heavy atom. The lowest BCUT2D eigenvalue weighted by atomic mass is 9.90. The van der Waals surface area contributed by atoms with Crippen molar-refractivity contribution in [2.24, 2.45) is 5.92 Å². The van der Waals surface area contributed by atoms with Crippen LogP contribution in [-0.2, 0) is 25.9 Å². The molecule has 3 rings (SSSR count). The highest BCUT2D eigenvalue weighted by Crippen LogP contribution is 2.26. The average Bonchev–Trinajstić information content (AvgIpc) is 2.97. The Kier molecular flexibility index (Phi) is 5.77. The number of rotatable bonds is 6. The van der Waals surface area contributed by atoms with Gasteiger partial charge >= 0.3 is 0 Å². The molecule has 0 fully saturated rings. The third-order valence-corrected chi connectivity index (χ3v) is 4.93. The van der Waals surface area contributed by atoms with Gasteiger partial charge in [-0.15, -0.1) is 0 Å². The summed E-state index contributed by atoms with van der Waals surface area (Å²) in [5.74, 6) is 0.516. The topological polar surface area (TPSA) is 50.2 Å². The largest absolute Gasteiger partial charge is 0.343 e. The van der Waals surface area contributed by atoms with E-state index in [1.54, 1.807) is 19.0 Å². The summed E-state index contributed by atoms with van der Waals surface area (Å²) in [6.07, 6.45) is 2.93. The molecule has 1 aromatic heterocycles. The van der Waals surface area contributed by atoms with Gasteiger partial charge in [0.15, 0.2) is 5.69 Å². The van der Waals surface area contributed by atoms with Crippen molar-refractivity contribution < 1.29 is 4.79 Å². The molecule has 5 nitrogen and oxygen atoms in total. The van der Waals surface area contributed by atoms with Crippen LogP contribution in [0.25, 0.3) is 0 Å². The molecule has 140 valence electrons. The number of hydrogen-bond donors (Lipinski definition) is 1. The summed E-state index contributed by atoms with van der Waals surface area (Å²) in [6, 6.07) is 10.8. The van der Waals surface area contributed by atoms with Crippen LogP contribution >= 0.6 is 0 Å². The molecule has 0 aliphatic heterocycles. The molecule has 1 amide bonds. The van der Waals surface area contributed by atoms with Crippen molar-refractivity contribution >= 4 is 5.91 Å². The predicted octanol–water partition coefficient (Wildman–Crippen LogP) is 2.89. The maximum atomic E-state index is 12.6. The zero-order valence-electron chi connectivity index (χ0n) is 16.3. The van der Waals surface area contributed by atoms with Gasteiger partial charge in [-0.3, -0.25) is 9.48 Å². The molecule has 0 saturated carbocycles. The Hall–Kier alpha value is -2.14. The van der Waals surface area contributed by atoms with Gasteiger partial charge in [0.1, 0.15) is 0 Å². The Morgan fingerprint density at radius 2 is 2.04 bits per heavy atom. The van der Waals surface area contributed by atoms with Crippen LogP contribution in [0.5, 0.6) is 0 Å². The maximum Gasteiger partial charge on any atom is 0.274 e. The molecule has 1 atom stereocenters. The van der Waals surface area contributed by atoms with Crippen LogP contribution in [0.3, 0.4) is 0 Å². The van der Waals surface area contributed by atoms with Crippen molar-refractivity contribution in [2.75, 3.05) is 14.1 Å². The van der Waals surface area contributed by atoms with Crippen molar-refractivity contribution in [3.05, 3.63) is 52.8 Å². The normalized spacial score (nSPS) is 16.6. The molecular formula is C21H30N4O. The molecule has 26 heavy (non-hydrogen) atoms. The Bertz CT molecular complexity index is 749. The standard InChI is InChI=1S/C21H30N4O/c1-15(2)14-25-19-11-10-17(22-13-16-8-6-5-7-9-16)12-18(19)20(23-25)21(26)24(3)4/h5-9,15,17,22H,10-14H2,1-4H3. The van der Waals surface area contributed by atoms with E-state index in [-0.39, 0.29) is 5.91 Å². The lowest BCUT2D eigenvalue weighted by Gasteiger charge is -2.25. The summed E-state index contributed by atoms with van der Waals surface area (Å²) < 4.78 is 2.07. The zero-order chi connectivity index (χ0) is 18.7. The molecule has 1 N–H and O–H groups in total. The summed E-state index contributed by atoms with van der Waals surface area (Å²) in [6.45, 7) is 6.10. The third-order valence-electron chi connectivity index (χ3n) is 4.93. The smallest absolute Gasteiger partial charge is 0.274 e. The first-order chi connectivity index (χ1) is 12.5. The lowest BCUT2D eigenvalue weighted by Crippen LogP contribution is -2.35. The number of benzene rings is 1. The van der Waals surface area contributed by atoms with Gasteiger partial charge in [-0.1, -0.05) is 44.2 Å². The third kappa shape index (κ3) is 4.15. The SMILES string of the molecule is CC(C)Cn1nc(C(=O)N(C)C)c2c1CCC(NCc1ccccc1)C2. The van der Waals surface area contributed by atoms with Gasteiger partial charge in [0, 0.05) is 44.5 Å². The average molecular weight is 354 g/mol. The molecular weight excluding hydrogens is 324 g/mol. The van der Waals surface area contributed by atoms with E-state index in [0.717, 1.165) is 37.9 Å². The molecule has 1 aromatic carbocycles. The van der Waals surface area contributed by atoms with Crippen molar-refractivity contribution in [1.82, 2.24) is 20.0 Å². The summed E-state index contributed by atoms with van der Waals surface area (Å²) in [7, 11) is 3.59. The number of aromatic nitrogens is 2. The fourth-order valence-electron chi connectivity index (χ4n) is 3.60. The summed E-state index contributed by atoms with van der Waals surface area (Å²) in [5.41, 5.74) is 4.32. The second kappa shape index (κ2) is 8.04. The molecule has 5 heteroatoms. The van der Waals surface area contributed by atoms with Crippen molar-refractivity contribution in [1.29, 1.82) is 0 Å². The number of amides is 1. The molecule has 1 aliphatic rings. The summed E-state index contributed by atoms with van der Waals surface area (Å²) >= 11 is 0. The zero-order valence-corrected chi connectivity index (χ0v) is 16.3. The Labute approximate surface area is 156 Å². The maximum absolute atomic E-state index is 12.6. The van der Waals surface area contributed by atoms with E-state index >= 15 is 0 Å². The van der Waals surface area contributed by atoms with Gasteiger partial charge < -0.3 is 10.2 Å². The van der Waals surface area contributed by atoms with Crippen LogP contribution in [0.4, 0.5) is 0 Å². The fraction of sp³-hybridized carbons (Fsp3) is 0.524. The van der Waals surface area contributed by atoms with Gasteiger partial charge in [-0.2, -0.15) is 5.10 Å². The van der Waals surface area contributed by atoms with Gasteiger partial charge in [-0.05, 0) is 30.7 Å². The van der Waals surface area contributed by atoms with E-state index < -0.39 is 0 Å². The van der Waals surface area contributed by atoms with E-state index in [1.807, 2.05) is 6.07 Å². The van der Waals surface area contributed by atoms with Crippen molar-refractivity contribution in [3.63, 3.8) is 0 Å². The van der Waals surface area contributed by atoms with Crippen molar-refractivity contribution in [2.45, 2.75) is 52.2 Å². The van der Waals surface area contributed by atoms with Crippen LogP contribution in [0, 0.1) is 5.92 Å². The highest BCUT2D eigenvalue weighted by atomic mass is 16.2. The number of nitrogens with one attached hydrogen (secondary N) is 1. The molecule has 1 unspecified atom stereocenters. The number of hydrogen-bond acceptors (Lipinski definition) is 3.